The molecular formula is C10H15N3O. The number of nitrogens with two attached hydrogens (primary N) is 1. The average Bonchev–Trinajstić information content (AvgIpc) is 2.17. The van der Waals surface area contributed by atoms with Crippen LogP contribution in [0.2, 0.25) is 0 Å². The molecule has 1 atom stereocenters. The molecule has 0 saturated carbocycles. The van der Waals surface area contributed by atoms with Crippen LogP contribution in [0.4, 0.5) is 0 Å². The van der Waals surface area contributed by atoms with Gasteiger partial charge in [0.1, 0.15) is 6.33 Å². The monoisotopic (exact) mass is 193 g/mol. The highest BCUT2D eigenvalue weighted by Crippen LogP contribution is 2.14. The van der Waals surface area contributed by atoms with Gasteiger partial charge in [0.05, 0.1) is 18.8 Å². The summed E-state index contributed by atoms with van der Waals surface area (Å²) in [4.78, 5) is 7.99. The molecule has 0 aliphatic heterocycles. The summed E-state index contributed by atoms with van der Waals surface area (Å²) in [5.41, 5.74) is 7.82. The van der Waals surface area contributed by atoms with Crippen LogP contribution in [-0.4, -0.2) is 17.1 Å². The largest absolute Gasteiger partial charge is 0.481 e. The maximum atomic E-state index is 5.90. The Balaban J connectivity index is 2.89. The second-order valence-corrected chi connectivity index (χ2v) is 3.26. The van der Waals surface area contributed by atoms with E-state index in [-0.39, 0.29) is 6.04 Å². The van der Waals surface area contributed by atoms with Crippen molar-refractivity contribution < 1.29 is 4.74 Å². The summed E-state index contributed by atoms with van der Waals surface area (Å²) in [7, 11) is 1.57. The molecule has 1 aromatic rings. The zero-order valence-corrected chi connectivity index (χ0v) is 8.69. The number of methoxy groups -OCH3 is 1. The Bertz CT molecular complexity index is 332. The minimum absolute atomic E-state index is 0.197. The maximum absolute atomic E-state index is 5.90. The molecule has 1 aromatic heterocycles. The van der Waals surface area contributed by atoms with E-state index >= 15 is 0 Å². The van der Waals surface area contributed by atoms with Crippen LogP contribution in [-0.2, 0) is 0 Å². The van der Waals surface area contributed by atoms with Crippen molar-refractivity contribution in [1.29, 1.82) is 0 Å². The number of ether oxygens (including phenoxy) is 1. The van der Waals surface area contributed by atoms with Gasteiger partial charge >= 0.3 is 0 Å². The van der Waals surface area contributed by atoms with Crippen molar-refractivity contribution in [1.82, 2.24) is 9.97 Å². The zero-order valence-electron chi connectivity index (χ0n) is 8.69. The van der Waals surface area contributed by atoms with Crippen molar-refractivity contribution in [2.75, 3.05) is 7.11 Å². The van der Waals surface area contributed by atoms with Gasteiger partial charge in [-0.2, -0.15) is 0 Å². The third kappa shape index (κ3) is 2.81. The summed E-state index contributed by atoms with van der Waals surface area (Å²) >= 11 is 0. The van der Waals surface area contributed by atoms with Gasteiger partial charge in [0.15, 0.2) is 0 Å². The number of allylic oxidation sites excluding steroid dienone is 1. The van der Waals surface area contributed by atoms with E-state index in [0.717, 1.165) is 11.3 Å². The molecule has 0 aliphatic carbocycles. The van der Waals surface area contributed by atoms with Gasteiger partial charge in [-0.1, -0.05) is 11.6 Å². The normalized spacial score (nSPS) is 12.0. The standard InChI is InChI=1S/C10H15N3O/c1-7(2)4-8(11)9-5-10(14-3)13-6-12-9/h4-6,8H,11H2,1-3H3. The lowest BCUT2D eigenvalue weighted by atomic mass is 10.1. The van der Waals surface area contributed by atoms with Crippen LogP contribution >= 0.6 is 0 Å². The first-order valence-electron chi connectivity index (χ1n) is 4.40. The van der Waals surface area contributed by atoms with Crippen LogP contribution in [0.1, 0.15) is 25.6 Å². The van der Waals surface area contributed by atoms with E-state index in [1.165, 1.54) is 6.33 Å². The van der Waals surface area contributed by atoms with Gasteiger partial charge in [-0.25, -0.2) is 9.97 Å². The number of hydrogen-bond acceptors (Lipinski definition) is 4. The van der Waals surface area contributed by atoms with E-state index in [1.54, 1.807) is 13.2 Å². The highest BCUT2D eigenvalue weighted by Gasteiger charge is 2.05. The van der Waals surface area contributed by atoms with Gasteiger partial charge in [-0.3, -0.25) is 0 Å². The first kappa shape index (κ1) is 10.7. The molecule has 0 amide bonds. The third-order valence-corrected chi connectivity index (χ3v) is 1.73. The quantitative estimate of drug-likeness (QED) is 0.738. The summed E-state index contributed by atoms with van der Waals surface area (Å²) in [6, 6.07) is 1.54. The average molecular weight is 193 g/mol. The van der Waals surface area contributed by atoms with Crippen LogP contribution < -0.4 is 10.5 Å². The van der Waals surface area contributed by atoms with Gasteiger partial charge in [0, 0.05) is 6.07 Å². The lowest BCUT2D eigenvalue weighted by Gasteiger charge is -2.07. The molecule has 1 heterocycles. The number of rotatable bonds is 3. The molecular weight excluding hydrogens is 178 g/mol. The Morgan fingerprint density at radius 1 is 1.50 bits per heavy atom. The highest BCUT2D eigenvalue weighted by atomic mass is 16.5. The molecule has 4 heteroatoms. The van der Waals surface area contributed by atoms with Crippen LogP contribution in [0, 0.1) is 0 Å². The lowest BCUT2D eigenvalue weighted by molar-refractivity contribution is 0.395. The Kier molecular flexibility index (Phi) is 3.59. The minimum Gasteiger partial charge on any atom is -0.481 e. The van der Waals surface area contributed by atoms with Crippen LogP contribution in [0.25, 0.3) is 0 Å². The smallest absolute Gasteiger partial charge is 0.216 e. The topological polar surface area (TPSA) is 61.0 Å². The van der Waals surface area contributed by atoms with E-state index in [1.807, 2.05) is 19.9 Å². The summed E-state index contributed by atoms with van der Waals surface area (Å²) in [6.45, 7) is 4.00. The molecule has 0 spiro atoms. The molecule has 0 saturated heterocycles. The number of hydrogen-bond donors (Lipinski definition) is 1. The molecule has 0 fully saturated rings. The lowest BCUT2D eigenvalue weighted by Crippen LogP contribution is -2.10. The second-order valence-electron chi connectivity index (χ2n) is 3.26. The number of nitrogens with zero attached hydrogens (tertiary/aromatic N) is 2. The SMILES string of the molecule is COc1cc(C(N)C=C(C)C)ncn1. The van der Waals surface area contributed by atoms with E-state index < -0.39 is 0 Å². The summed E-state index contributed by atoms with van der Waals surface area (Å²) < 4.78 is 4.98. The molecule has 0 aliphatic rings. The van der Waals surface area contributed by atoms with Crippen molar-refractivity contribution in [2.24, 2.45) is 5.73 Å². The van der Waals surface area contributed by atoms with Crippen molar-refractivity contribution in [3.8, 4) is 5.88 Å². The molecule has 1 rings (SSSR count). The van der Waals surface area contributed by atoms with E-state index in [4.69, 9.17) is 10.5 Å². The van der Waals surface area contributed by atoms with E-state index in [2.05, 4.69) is 9.97 Å². The molecule has 4 nitrogen and oxygen atoms in total. The molecule has 76 valence electrons. The fourth-order valence-corrected chi connectivity index (χ4v) is 1.09. The number of aromatic nitrogens is 2. The van der Waals surface area contributed by atoms with Gasteiger partial charge in [0.2, 0.25) is 5.88 Å². The van der Waals surface area contributed by atoms with Crippen molar-refractivity contribution in [3.63, 3.8) is 0 Å². The zero-order chi connectivity index (χ0) is 10.6. The first-order chi connectivity index (χ1) is 6.63. The Labute approximate surface area is 83.8 Å². The van der Waals surface area contributed by atoms with E-state index in [9.17, 15) is 0 Å². The van der Waals surface area contributed by atoms with Gasteiger partial charge in [0.25, 0.3) is 0 Å². The molecule has 2 N–H and O–H groups in total. The summed E-state index contributed by atoms with van der Waals surface area (Å²) in [6.07, 6.45) is 3.40. The maximum Gasteiger partial charge on any atom is 0.216 e. The van der Waals surface area contributed by atoms with Crippen molar-refractivity contribution >= 4 is 0 Å². The predicted molar refractivity (Wildman–Crippen MR) is 54.9 cm³/mol. The first-order valence-corrected chi connectivity index (χ1v) is 4.40. The predicted octanol–water partition coefficient (Wildman–Crippen LogP) is 1.45. The van der Waals surface area contributed by atoms with Crippen LogP contribution in [0.15, 0.2) is 24.0 Å². The van der Waals surface area contributed by atoms with Gasteiger partial charge in [-0.15, -0.1) is 0 Å². The Hall–Kier alpha value is -1.42. The van der Waals surface area contributed by atoms with Gasteiger partial charge < -0.3 is 10.5 Å². The van der Waals surface area contributed by atoms with E-state index in [0.29, 0.717) is 5.88 Å². The van der Waals surface area contributed by atoms with Crippen molar-refractivity contribution in [3.05, 3.63) is 29.7 Å². The summed E-state index contributed by atoms with van der Waals surface area (Å²) in [5, 5.41) is 0. The molecule has 1 unspecified atom stereocenters. The highest BCUT2D eigenvalue weighted by molar-refractivity contribution is 5.20. The van der Waals surface area contributed by atoms with Crippen LogP contribution in [0.3, 0.4) is 0 Å². The fourth-order valence-electron chi connectivity index (χ4n) is 1.09. The van der Waals surface area contributed by atoms with Crippen LogP contribution in [0.5, 0.6) is 5.88 Å². The summed E-state index contributed by atoms with van der Waals surface area (Å²) in [5.74, 6) is 0.535. The molecule has 0 radical (unpaired) electrons. The Morgan fingerprint density at radius 3 is 2.79 bits per heavy atom. The molecule has 0 bridgehead atoms. The molecule has 0 aromatic carbocycles. The molecule has 14 heavy (non-hydrogen) atoms. The minimum atomic E-state index is -0.197. The fraction of sp³-hybridized carbons (Fsp3) is 0.400. The third-order valence-electron chi connectivity index (χ3n) is 1.73. The Morgan fingerprint density at radius 2 is 2.21 bits per heavy atom. The second kappa shape index (κ2) is 4.72. The van der Waals surface area contributed by atoms with Crippen molar-refractivity contribution in [2.45, 2.75) is 19.9 Å². The van der Waals surface area contributed by atoms with Gasteiger partial charge in [-0.05, 0) is 13.8 Å².